The van der Waals surface area contributed by atoms with Crippen LogP contribution in [0.4, 0.5) is 0 Å². The van der Waals surface area contributed by atoms with Gasteiger partial charge in [-0.3, -0.25) is 4.90 Å². The number of ether oxygens (including phenoxy) is 1. The third-order valence-electron chi connectivity index (χ3n) is 4.58. The van der Waals surface area contributed by atoms with Crippen LogP contribution in [0.25, 0.3) is 0 Å². The summed E-state index contributed by atoms with van der Waals surface area (Å²) in [7, 11) is 0. The molecule has 1 atom stereocenters. The van der Waals surface area contributed by atoms with Crippen molar-refractivity contribution in [1.82, 2.24) is 14.9 Å². The molecule has 5 nitrogen and oxygen atoms in total. The van der Waals surface area contributed by atoms with Crippen LogP contribution < -0.4 is 0 Å². The second kappa shape index (κ2) is 6.38. The van der Waals surface area contributed by atoms with Gasteiger partial charge in [-0.25, -0.2) is 9.97 Å². The number of hydrogen-bond donors (Lipinski definition) is 1. The van der Waals surface area contributed by atoms with Crippen molar-refractivity contribution in [3.8, 4) is 0 Å². The van der Waals surface area contributed by atoms with Gasteiger partial charge in [0.1, 0.15) is 11.9 Å². The summed E-state index contributed by atoms with van der Waals surface area (Å²) in [5, 5.41) is 10.7. The van der Waals surface area contributed by atoms with Crippen LogP contribution in [0.2, 0.25) is 0 Å². The van der Waals surface area contributed by atoms with Gasteiger partial charge in [-0.05, 0) is 25.8 Å². The van der Waals surface area contributed by atoms with Crippen LogP contribution in [0.3, 0.4) is 0 Å². The Labute approximate surface area is 126 Å². The van der Waals surface area contributed by atoms with Gasteiger partial charge in [0.2, 0.25) is 0 Å². The summed E-state index contributed by atoms with van der Waals surface area (Å²) in [5.41, 5.74) is 0.449. The molecule has 2 fully saturated rings. The quantitative estimate of drug-likeness (QED) is 0.921. The number of hydrogen-bond acceptors (Lipinski definition) is 5. The molecule has 2 heterocycles. The predicted octanol–water partition coefficient (Wildman–Crippen LogP) is 1.85. The van der Waals surface area contributed by atoms with E-state index in [1.807, 2.05) is 13.0 Å². The molecule has 0 radical (unpaired) electrons. The summed E-state index contributed by atoms with van der Waals surface area (Å²) < 4.78 is 5.86. The largest absolute Gasteiger partial charge is 0.389 e. The average molecular weight is 291 g/mol. The highest BCUT2D eigenvalue weighted by molar-refractivity contribution is 5.07. The topological polar surface area (TPSA) is 58.5 Å². The Morgan fingerprint density at radius 2 is 2.19 bits per heavy atom. The third-order valence-corrected chi connectivity index (χ3v) is 4.58. The Hall–Kier alpha value is -1.04. The lowest BCUT2D eigenvalue weighted by molar-refractivity contribution is -0.0777. The molecule has 0 unspecified atom stereocenters. The van der Waals surface area contributed by atoms with E-state index in [1.54, 1.807) is 6.20 Å². The Kier molecular flexibility index (Phi) is 4.52. The van der Waals surface area contributed by atoms with Gasteiger partial charge < -0.3 is 9.84 Å². The molecule has 1 saturated heterocycles. The van der Waals surface area contributed by atoms with Crippen LogP contribution in [0.15, 0.2) is 12.3 Å². The van der Waals surface area contributed by atoms with Gasteiger partial charge in [0.15, 0.2) is 0 Å². The second-order valence-electron chi connectivity index (χ2n) is 6.41. The van der Waals surface area contributed by atoms with E-state index < -0.39 is 5.60 Å². The third kappa shape index (κ3) is 3.78. The zero-order chi connectivity index (χ0) is 14.7. The lowest BCUT2D eigenvalue weighted by Crippen LogP contribution is -2.49. The van der Waals surface area contributed by atoms with Crippen molar-refractivity contribution >= 4 is 0 Å². The minimum Gasteiger partial charge on any atom is -0.389 e. The summed E-state index contributed by atoms with van der Waals surface area (Å²) in [6, 6.07) is 1.93. The number of aromatic nitrogens is 2. The molecule has 0 bridgehead atoms. The van der Waals surface area contributed by atoms with Crippen molar-refractivity contribution in [1.29, 1.82) is 0 Å². The van der Waals surface area contributed by atoms with Crippen molar-refractivity contribution in [2.45, 2.75) is 50.7 Å². The van der Waals surface area contributed by atoms with Crippen LogP contribution >= 0.6 is 0 Å². The molecule has 0 amide bonds. The van der Waals surface area contributed by atoms with E-state index >= 15 is 0 Å². The van der Waals surface area contributed by atoms with E-state index in [9.17, 15) is 5.11 Å². The van der Waals surface area contributed by atoms with E-state index in [1.165, 1.54) is 6.42 Å². The number of rotatable bonds is 3. The van der Waals surface area contributed by atoms with Gasteiger partial charge in [0, 0.05) is 25.8 Å². The Bertz CT molecular complexity index is 474. The Morgan fingerprint density at radius 3 is 2.95 bits per heavy atom. The molecular formula is C16H25N3O2. The molecule has 1 aliphatic carbocycles. The fraction of sp³-hybridized carbons (Fsp3) is 0.750. The molecule has 116 valence electrons. The van der Waals surface area contributed by atoms with Crippen molar-refractivity contribution in [3.05, 3.63) is 23.8 Å². The molecule has 1 aromatic rings. The van der Waals surface area contributed by atoms with Gasteiger partial charge in [-0.1, -0.05) is 19.3 Å². The Balaban J connectivity index is 1.63. The fourth-order valence-electron chi connectivity index (χ4n) is 3.46. The summed E-state index contributed by atoms with van der Waals surface area (Å²) in [6.45, 7) is 5.05. The highest BCUT2D eigenvalue weighted by Gasteiger charge is 2.33. The normalized spacial score (nSPS) is 26.7. The minimum absolute atomic E-state index is 0.00681. The molecule has 1 saturated carbocycles. The molecule has 1 aromatic heterocycles. The van der Waals surface area contributed by atoms with Crippen molar-refractivity contribution in [3.63, 3.8) is 0 Å². The average Bonchev–Trinajstić information content (AvgIpc) is 2.48. The highest BCUT2D eigenvalue weighted by atomic mass is 16.5. The Morgan fingerprint density at radius 1 is 1.38 bits per heavy atom. The molecule has 5 heteroatoms. The first kappa shape index (κ1) is 14.9. The number of nitrogens with zero attached hydrogens (tertiary/aromatic N) is 3. The first-order chi connectivity index (χ1) is 10.1. The molecule has 21 heavy (non-hydrogen) atoms. The van der Waals surface area contributed by atoms with E-state index in [-0.39, 0.29) is 6.10 Å². The molecule has 1 N–H and O–H groups in total. The maximum atomic E-state index is 10.7. The van der Waals surface area contributed by atoms with Crippen molar-refractivity contribution in [2.75, 3.05) is 26.2 Å². The van der Waals surface area contributed by atoms with Gasteiger partial charge >= 0.3 is 0 Å². The van der Waals surface area contributed by atoms with E-state index in [4.69, 9.17) is 4.74 Å². The van der Waals surface area contributed by atoms with E-state index in [0.717, 1.165) is 56.8 Å². The second-order valence-corrected chi connectivity index (χ2v) is 6.41. The van der Waals surface area contributed by atoms with Gasteiger partial charge in [-0.2, -0.15) is 0 Å². The minimum atomic E-state index is -0.498. The zero-order valence-electron chi connectivity index (χ0n) is 12.8. The van der Waals surface area contributed by atoms with Crippen molar-refractivity contribution < 1.29 is 9.84 Å². The summed E-state index contributed by atoms with van der Waals surface area (Å²) in [4.78, 5) is 10.9. The molecular weight excluding hydrogens is 266 g/mol. The summed E-state index contributed by atoms with van der Waals surface area (Å²) in [5.74, 6) is 0.777. The molecule has 1 aliphatic heterocycles. The first-order valence-electron chi connectivity index (χ1n) is 8.01. The maximum absolute atomic E-state index is 10.7. The highest BCUT2D eigenvalue weighted by Crippen LogP contribution is 2.30. The van der Waals surface area contributed by atoms with Crippen LogP contribution in [-0.2, 0) is 4.74 Å². The number of aryl methyl sites for hydroxylation is 1. The fourth-order valence-corrected chi connectivity index (χ4v) is 3.46. The predicted molar refractivity (Wildman–Crippen MR) is 79.9 cm³/mol. The monoisotopic (exact) mass is 291 g/mol. The zero-order valence-corrected chi connectivity index (χ0v) is 12.8. The van der Waals surface area contributed by atoms with Gasteiger partial charge in [-0.15, -0.1) is 0 Å². The molecule has 0 aromatic carbocycles. The summed E-state index contributed by atoms with van der Waals surface area (Å²) >= 11 is 0. The maximum Gasteiger partial charge on any atom is 0.125 e. The van der Waals surface area contributed by atoms with Crippen molar-refractivity contribution in [2.24, 2.45) is 0 Å². The number of aliphatic hydroxyl groups is 1. The number of morpholine rings is 1. The van der Waals surface area contributed by atoms with Crippen LogP contribution in [0.1, 0.15) is 49.7 Å². The van der Waals surface area contributed by atoms with Crippen LogP contribution in [0.5, 0.6) is 0 Å². The van der Waals surface area contributed by atoms with E-state index in [2.05, 4.69) is 14.9 Å². The standard InChI is InChI=1S/C16H25N3O2/c1-13-17-8-5-14(18-13)15-11-19(9-10-21-15)12-16(20)6-3-2-4-7-16/h5,8,15,20H,2-4,6-7,9-12H2,1H3/t15-/m0/s1. The number of β-amino-alcohol motifs (C(OH)–C–C–N with tert-alkyl or cyclic N) is 1. The smallest absolute Gasteiger partial charge is 0.125 e. The molecule has 3 rings (SSSR count). The van der Waals surface area contributed by atoms with Crippen LogP contribution in [0, 0.1) is 6.92 Å². The lowest BCUT2D eigenvalue weighted by atomic mass is 9.84. The summed E-state index contributed by atoms with van der Waals surface area (Å²) in [6.07, 6.45) is 7.20. The van der Waals surface area contributed by atoms with Gasteiger partial charge in [0.25, 0.3) is 0 Å². The van der Waals surface area contributed by atoms with E-state index in [0.29, 0.717) is 6.61 Å². The van der Waals surface area contributed by atoms with Gasteiger partial charge in [0.05, 0.1) is 17.9 Å². The SMILES string of the molecule is Cc1nccc([C@@H]2CN(CC3(O)CCCCC3)CCO2)n1. The van der Waals surface area contributed by atoms with Crippen LogP contribution in [-0.4, -0.2) is 51.8 Å². The molecule has 0 spiro atoms. The first-order valence-corrected chi connectivity index (χ1v) is 8.01. The lowest BCUT2D eigenvalue weighted by Gasteiger charge is -2.40. The molecule has 2 aliphatic rings.